The lowest BCUT2D eigenvalue weighted by atomic mass is 10.5. The molecule has 3 heteroatoms. The number of hydrogen-bond donors (Lipinski definition) is 0. The molecule has 0 amide bonds. The average molecular weight is 192 g/mol. The molecule has 1 saturated heterocycles. The highest BCUT2D eigenvalue weighted by molar-refractivity contribution is 8.08. The molecule has 0 spiro atoms. The third-order valence-corrected chi connectivity index (χ3v) is 5.17. The lowest BCUT2D eigenvalue weighted by molar-refractivity contribution is 1.13. The molecule has 0 nitrogen and oxygen atoms in total. The summed E-state index contributed by atoms with van der Waals surface area (Å²) in [4.78, 5) is 0. The summed E-state index contributed by atoms with van der Waals surface area (Å²) < 4.78 is 0. The maximum absolute atomic E-state index is 3.69. The minimum atomic E-state index is 0.877. The van der Waals surface area contributed by atoms with E-state index in [1.165, 1.54) is 23.0 Å². The molecule has 1 unspecified atom stereocenters. The van der Waals surface area contributed by atoms with Crippen LogP contribution in [0, 0.1) is 0 Å². The average Bonchev–Trinajstić information content (AvgIpc) is 2.03. The van der Waals surface area contributed by atoms with Crippen molar-refractivity contribution in [2.45, 2.75) is 5.25 Å². The van der Waals surface area contributed by atoms with E-state index < -0.39 is 0 Å². The van der Waals surface area contributed by atoms with Gasteiger partial charge in [0.05, 0.1) is 0 Å². The van der Waals surface area contributed by atoms with Gasteiger partial charge in [-0.1, -0.05) is 6.58 Å². The van der Waals surface area contributed by atoms with Gasteiger partial charge in [-0.2, -0.15) is 23.5 Å². The van der Waals surface area contributed by atoms with Crippen LogP contribution in [0.3, 0.4) is 0 Å². The molecule has 0 saturated carbocycles. The van der Waals surface area contributed by atoms with Crippen molar-refractivity contribution in [3.05, 3.63) is 12.0 Å². The van der Waals surface area contributed by atoms with Crippen LogP contribution < -0.4 is 0 Å². The number of hydrogen-bond acceptors (Lipinski definition) is 3. The first-order valence-electron chi connectivity index (χ1n) is 3.35. The second-order valence-electron chi connectivity index (χ2n) is 2.07. The molecule has 1 fully saturated rings. The van der Waals surface area contributed by atoms with E-state index in [-0.39, 0.29) is 0 Å². The summed E-state index contributed by atoms with van der Waals surface area (Å²) >= 11 is 6.04. The largest absolute Gasteiger partial charge is 0.160 e. The van der Waals surface area contributed by atoms with Gasteiger partial charge in [-0.25, -0.2) is 0 Å². The maximum atomic E-state index is 3.69. The van der Waals surface area contributed by atoms with Crippen molar-refractivity contribution in [3.63, 3.8) is 0 Å². The predicted molar refractivity (Wildman–Crippen MR) is 56.2 cm³/mol. The second-order valence-corrected chi connectivity index (χ2v) is 5.63. The molecule has 0 aromatic rings. The topological polar surface area (TPSA) is 0 Å². The molecule has 0 N–H and O–H groups in total. The molecule has 1 heterocycles. The van der Waals surface area contributed by atoms with Gasteiger partial charge < -0.3 is 0 Å². The highest BCUT2D eigenvalue weighted by Gasteiger charge is 2.12. The molecular weight excluding hydrogens is 180 g/mol. The van der Waals surface area contributed by atoms with Crippen molar-refractivity contribution in [2.24, 2.45) is 0 Å². The predicted octanol–water partition coefficient (Wildman–Crippen LogP) is 2.71. The molecule has 0 bridgehead atoms. The number of rotatable bonds is 3. The number of thioether (sulfide) groups is 3. The lowest BCUT2D eigenvalue weighted by Gasteiger charge is -2.19. The van der Waals surface area contributed by atoms with Crippen molar-refractivity contribution < 1.29 is 0 Å². The molecule has 1 aliphatic heterocycles. The third-order valence-electron chi connectivity index (χ3n) is 1.28. The first-order valence-corrected chi connectivity index (χ1v) is 6.60. The monoisotopic (exact) mass is 192 g/mol. The van der Waals surface area contributed by atoms with E-state index >= 15 is 0 Å². The van der Waals surface area contributed by atoms with Crippen molar-refractivity contribution in [1.82, 2.24) is 0 Å². The summed E-state index contributed by atoms with van der Waals surface area (Å²) in [6.07, 6.45) is 0. The normalized spacial score (nSPS) is 26.2. The Morgan fingerprint density at radius 2 is 2.50 bits per heavy atom. The first-order chi connectivity index (χ1) is 4.93. The van der Waals surface area contributed by atoms with Crippen LogP contribution in [0.1, 0.15) is 0 Å². The minimum Gasteiger partial charge on any atom is -0.160 e. The highest BCUT2D eigenvalue weighted by atomic mass is 32.2. The molecule has 0 aliphatic carbocycles. The van der Waals surface area contributed by atoms with E-state index in [2.05, 4.69) is 30.1 Å². The molecule has 1 atom stereocenters. The van der Waals surface area contributed by atoms with Crippen molar-refractivity contribution in [1.29, 1.82) is 0 Å². The van der Waals surface area contributed by atoms with E-state index in [0.717, 1.165) is 5.25 Å². The van der Waals surface area contributed by atoms with Gasteiger partial charge in [0, 0.05) is 28.3 Å². The zero-order valence-electron chi connectivity index (χ0n) is 5.91. The molecule has 1 rings (SSSR count). The Balaban J connectivity index is 2.07. The maximum Gasteiger partial charge on any atom is 0.0232 e. The summed E-state index contributed by atoms with van der Waals surface area (Å²) in [6.45, 7) is 3.69. The molecule has 10 heavy (non-hydrogen) atoms. The van der Waals surface area contributed by atoms with Crippen LogP contribution in [-0.2, 0) is 0 Å². The van der Waals surface area contributed by atoms with Gasteiger partial charge in [0.1, 0.15) is 0 Å². The van der Waals surface area contributed by atoms with Crippen molar-refractivity contribution in [2.75, 3.05) is 23.0 Å². The first kappa shape index (κ1) is 8.88. The van der Waals surface area contributed by atoms with Crippen LogP contribution in [0.5, 0.6) is 0 Å². The zero-order valence-corrected chi connectivity index (χ0v) is 8.36. The minimum absolute atomic E-state index is 0.877. The van der Waals surface area contributed by atoms with Crippen LogP contribution >= 0.6 is 35.3 Å². The fourth-order valence-electron chi connectivity index (χ4n) is 0.808. The van der Waals surface area contributed by atoms with Crippen LogP contribution in [0.25, 0.3) is 0 Å². The molecule has 0 radical (unpaired) electrons. The third kappa shape index (κ3) is 3.26. The molecule has 58 valence electrons. The van der Waals surface area contributed by atoms with E-state index in [1.807, 2.05) is 17.2 Å². The van der Waals surface area contributed by atoms with E-state index in [1.54, 1.807) is 0 Å². The Bertz CT molecular complexity index is 97.0. The van der Waals surface area contributed by atoms with E-state index in [9.17, 15) is 0 Å². The Kier molecular flexibility index (Phi) is 4.83. The summed E-state index contributed by atoms with van der Waals surface area (Å²) in [6, 6.07) is 0. The summed E-state index contributed by atoms with van der Waals surface area (Å²) in [5, 5.41) is 2.82. The Hall–Kier alpha value is 0.790. The van der Waals surface area contributed by atoms with Gasteiger partial charge in [-0.05, 0) is 5.41 Å². The van der Waals surface area contributed by atoms with E-state index in [0.29, 0.717) is 0 Å². The van der Waals surface area contributed by atoms with Gasteiger partial charge in [-0.15, -0.1) is 11.8 Å². The van der Waals surface area contributed by atoms with Gasteiger partial charge in [0.25, 0.3) is 0 Å². The highest BCUT2D eigenvalue weighted by Crippen LogP contribution is 2.26. The lowest BCUT2D eigenvalue weighted by Crippen LogP contribution is -2.15. The van der Waals surface area contributed by atoms with Crippen LogP contribution in [0.4, 0.5) is 0 Å². The Morgan fingerprint density at radius 1 is 1.60 bits per heavy atom. The van der Waals surface area contributed by atoms with Gasteiger partial charge in [-0.3, -0.25) is 0 Å². The fraction of sp³-hybridized carbons (Fsp3) is 0.714. The second kappa shape index (κ2) is 5.44. The molecule has 1 aliphatic rings. The van der Waals surface area contributed by atoms with Crippen LogP contribution in [0.15, 0.2) is 12.0 Å². The van der Waals surface area contributed by atoms with Crippen LogP contribution in [0.2, 0.25) is 0 Å². The molecule has 0 aromatic heterocycles. The smallest absolute Gasteiger partial charge is 0.0232 e. The summed E-state index contributed by atoms with van der Waals surface area (Å²) in [5.41, 5.74) is 0. The van der Waals surface area contributed by atoms with E-state index in [4.69, 9.17) is 0 Å². The van der Waals surface area contributed by atoms with Gasteiger partial charge in [0.15, 0.2) is 0 Å². The van der Waals surface area contributed by atoms with Gasteiger partial charge in [0.2, 0.25) is 0 Å². The Morgan fingerprint density at radius 3 is 3.10 bits per heavy atom. The fourth-order valence-corrected chi connectivity index (χ4v) is 4.46. The van der Waals surface area contributed by atoms with Gasteiger partial charge >= 0.3 is 0 Å². The van der Waals surface area contributed by atoms with Crippen molar-refractivity contribution in [3.8, 4) is 0 Å². The summed E-state index contributed by atoms with van der Waals surface area (Å²) in [7, 11) is 0. The van der Waals surface area contributed by atoms with Crippen LogP contribution in [-0.4, -0.2) is 28.3 Å². The summed E-state index contributed by atoms with van der Waals surface area (Å²) in [5.74, 6) is 5.28. The SMILES string of the molecule is C=CSCC1CSCCS1. The zero-order chi connectivity index (χ0) is 7.23. The standard InChI is InChI=1S/C7H12S3/c1-2-8-5-7-6-9-3-4-10-7/h2,7H,1,3-6H2. The molecule has 0 aromatic carbocycles. The van der Waals surface area contributed by atoms with Crippen molar-refractivity contribution >= 4 is 35.3 Å². The Labute approximate surface area is 75.6 Å². The molecular formula is C7H12S3. The quantitative estimate of drug-likeness (QED) is 0.675.